The van der Waals surface area contributed by atoms with Crippen LogP contribution in [-0.4, -0.2) is 38.8 Å². The lowest BCUT2D eigenvalue weighted by molar-refractivity contribution is -0.118. The fourth-order valence-electron chi connectivity index (χ4n) is 2.74. The maximum atomic E-state index is 12.6. The summed E-state index contributed by atoms with van der Waals surface area (Å²) in [5, 5.41) is 12.0. The van der Waals surface area contributed by atoms with Crippen molar-refractivity contribution in [2.24, 2.45) is 5.92 Å². The fourth-order valence-corrected chi connectivity index (χ4v) is 4.61. The Morgan fingerprint density at radius 1 is 1.28 bits per heavy atom. The van der Waals surface area contributed by atoms with Gasteiger partial charge < -0.3 is 9.73 Å². The topological polar surface area (TPSA) is 90.0 Å². The van der Waals surface area contributed by atoms with Crippen LogP contribution in [0.15, 0.2) is 40.1 Å². The molecule has 0 aliphatic rings. The van der Waals surface area contributed by atoms with Gasteiger partial charge in [0.2, 0.25) is 5.91 Å². The molecule has 0 radical (unpaired) electrons. The summed E-state index contributed by atoms with van der Waals surface area (Å²) < 4.78 is 7.48. The predicted molar refractivity (Wildman–Crippen MR) is 114 cm³/mol. The first kappa shape index (κ1) is 21.3. The minimum Gasteiger partial charge on any atom is -0.461 e. The Bertz CT molecular complexity index is 960. The number of Topliss-reactive ketones (excluding diaryl/α,β-unsaturated/α-hetero) is 1. The maximum Gasteiger partial charge on any atom is 0.216 e. The third-order valence-electron chi connectivity index (χ3n) is 4.02. The Balaban J connectivity index is 1.64. The number of rotatable bonds is 10. The quantitative estimate of drug-likeness (QED) is 0.386. The molecule has 0 bridgehead atoms. The van der Waals surface area contributed by atoms with Crippen LogP contribution in [0.3, 0.4) is 0 Å². The zero-order chi connectivity index (χ0) is 20.8. The van der Waals surface area contributed by atoms with Crippen LogP contribution in [0.4, 0.5) is 0 Å². The molecule has 1 amide bonds. The SMILES string of the molecule is CC(=O)NCCc1ccc(C(=O)CSc2nnc(-c3ccco3)n2CC(C)C)s1. The fraction of sp³-hybridized carbons (Fsp3) is 0.400. The highest BCUT2D eigenvalue weighted by atomic mass is 32.2. The molecular weight excluding hydrogens is 408 g/mol. The minimum absolute atomic E-state index is 0.0475. The standard InChI is InChI=1S/C20H24N4O3S2/c1-13(2)11-24-19(17-5-4-10-27-17)22-23-20(24)28-12-16(26)18-7-6-15(29-18)8-9-21-14(3)25/h4-7,10,13H,8-9,11-12H2,1-3H3,(H,21,25). The van der Waals surface area contributed by atoms with Crippen molar-refractivity contribution < 1.29 is 14.0 Å². The number of thioether (sulfide) groups is 1. The molecule has 3 aromatic heterocycles. The monoisotopic (exact) mass is 432 g/mol. The van der Waals surface area contributed by atoms with E-state index in [9.17, 15) is 9.59 Å². The van der Waals surface area contributed by atoms with Gasteiger partial charge in [-0.3, -0.25) is 14.2 Å². The molecule has 0 unspecified atom stereocenters. The lowest BCUT2D eigenvalue weighted by Gasteiger charge is -2.11. The summed E-state index contributed by atoms with van der Waals surface area (Å²) >= 11 is 2.86. The van der Waals surface area contributed by atoms with Gasteiger partial charge in [0.15, 0.2) is 22.5 Å². The Morgan fingerprint density at radius 3 is 2.79 bits per heavy atom. The predicted octanol–water partition coefficient (Wildman–Crippen LogP) is 3.91. The number of ketones is 1. The van der Waals surface area contributed by atoms with Crippen molar-refractivity contribution in [1.82, 2.24) is 20.1 Å². The first-order valence-corrected chi connectivity index (χ1v) is 11.2. The first-order chi connectivity index (χ1) is 13.9. The van der Waals surface area contributed by atoms with Crippen molar-refractivity contribution in [2.75, 3.05) is 12.3 Å². The third-order valence-corrected chi connectivity index (χ3v) is 6.17. The van der Waals surface area contributed by atoms with Crippen LogP contribution in [-0.2, 0) is 17.8 Å². The van der Waals surface area contributed by atoms with Gasteiger partial charge in [-0.2, -0.15) is 0 Å². The highest BCUT2D eigenvalue weighted by molar-refractivity contribution is 7.99. The second-order valence-electron chi connectivity index (χ2n) is 7.00. The molecule has 0 spiro atoms. The van der Waals surface area contributed by atoms with E-state index in [-0.39, 0.29) is 11.7 Å². The largest absolute Gasteiger partial charge is 0.461 e. The summed E-state index contributed by atoms with van der Waals surface area (Å²) in [5.74, 6) is 2.05. The number of thiophene rings is 1. The molecular formula is C20H24N4O3S2. The van der Waals surface area contributed by atoms with Crippen molar-refractivity contribution in [3.63, 3.8) is 0 Å². The van der Waals surface area contributed by atoms with Crippen LogP contribution >= 0.6 is 23.1 Å². The lowest BCUT2D eigenvalue weighted by atomic mass is 10.2. The maximum absolute atomic E-state index is 12.6. The summed E-state index contributed by atoms with van der Waals surface area (Å²) in [6.45, 7) is 7.06. The van der Waals surface area contributed by atoms with E-state index in [2.05, 4.69) is 29.4 Å². The molecule has 0 saturated heterocycles. The number of nitrogens with one attached hydrogen (secondary N) is 1. The number of carbonyl (C=O) groups excluding carboxylic acids is 2. The zero-order valence-electron chi connectivity index (χ0n) is 16.7. The Labute approximate surface area is 177 Å². The molecule has 9 heteroatoms. The number of hydrogen-bond acceptors (Lipinski definition) is 7. The average Bonchev–Trinajstić information content (AvgIpc) is 3.40. The Morgan fingerprint density at radius 2 is 2.10 bits per heavy atom. The summed E-state index contributed by atoms with van der Waals surface area (Å²) in [6, 6.07) is 7.47. The van der Waals surface area contributed by atoms with Crippen LogP contribution in [0, 0.1) is 5.92 Å². The van der Waals surface area contributed by atoms with Crippen LogP contribution in [0.2, 0.25) is 0 Å². The zero-order valence-corrected chi connectivity index (χ0v) is 18.3. The molecule has 0 atom stereocenters. The van der Waals surface area contributed by atoms with Crippen molar-refractivity contribution >= 4 is 34.8 Å². The molecule has 0 saturated carbocycles. The van der Waals surface area contributed by atoms with E-state index in [1.165, 1.54) is 30.0 Å². The second kappa shape index (κ2) is 9.89. The molecule has 0 fully saturated rings. The van der Waals surface area contributed by atoms with E-state index in [0.29, 0.717) is 35.0 Å². The van der Waals surface area contributed by atoms with Gasteiger partial charge in [0.1, 0.15) is 0 Å². The van der Waals surface area contributed by atoms with Crippen molar-refractivity contribution in [1.29, 1.82) is 0 Å². The van der Waals surface area contributed by atoms with E-state index in [1.807, 2.05) is 28.8 Å². The average molecular weight is 433 g/mol. The van der Waals surface area contributed by atoms with E-state index in [1.54, 1.807) is 6.26 Å². The van der Waals surface area contributed by atoms with Gasteiger partial charge >= 0.3 is 0 Å². The molecule has 7 nitrogen and oxygen atoms in total. The number of furan rings is 1. The van der Waals surface area contributed by atoms with Gasteiger partial charge in [-0.25, -0.2) is 0 Å². The molecule has 0 aromatic carbocycles. The molecule has 29 heavy (non-hydrogen) atoms. The molecule has 0 aliphatic carbocycles. The number of nitrogens with zero attached hydrogens (tertiary/aromatic N) is 3. The second-order valence-corrected chi connectivity index (χ2v) is 9.11. The molecule has 3 heterocycles. The normalized spacial score (nSPS) is 11.2. The number of aromatic nitrogens is 3. The van der Waals surface area contributed by atoms with Crippen molar-refractivity contribution in [3.8, 4) is 11.6 Å². The molecule has 3 rings (SSSR count). The van der Waals surface area contributed by atoms with Gasteiger partial charge in [-0.1, -0.05) is 25.6 Å². The third kappa shape index (κ3) is 5.80. The first-order valence-electron chi connectivity index (χ1n) is 9.40. The van der Waals surface area contributed by atoms with Gasteiger partial charge in [0.25, 0.3) is 0 Å². The Kier molecular flexibility index (Phi) is 7.27. The van der Waals surface area contributed by atoms with Crippen molar-refractivity contribution in [3.05, 3.63) is 40.3 Å². The molecule has 1 N–H and O–H groups in total. The van der Waals surface area contributed by atoms with Gasteiger partial charge in [-0.15, -0.1) is 21.5 Å². The summed E-state index contributed by atoms with van der Waals surface area (Å²) in [7, 11) is 0. The van der Waals surface area contributed by atoms with Gasteiger partial charge in [0, 0.05) is 24.9 Å². The van der Waals surface area contributed by atoms with Crippen LogP contribution in [0.5, 0.6) is 0 Å². The highest BCUT2D eigenvalue weighted by Gasteiger charge is 2.19. The van der Waals surface area contributed by atoms with Crippen LogP contribution in [0.25, 0.3) is 11.6 Å². The van der Waals surface area contributed by atoms with E-state index in [4.69, 9.17) is 4.42 Å². The van der Waals surface area contributed by atoms with Gasteiger partial charge in [0.05, 0.1) is 16.9 Å². The highest BCUT2D eigenvalue weighted by Crippen LogP contribution is 2.27. The molecule has 0 aliphatic heterocycles. The summed E-state index contributed by atoms with van der Waals surface area (Å²) in [5.41, 5.74) is 0. The molecule has 3 aromatic rings. The van der Waals surface area contributed by atoms with Crippen LogP contribution < -0.4 is 5.32 Å². The Hall–Kier alpha value is -2.39. The van der Waals surface area contributed by atoms with Gasteiger partial charge in [-0.05, 0) is 36.6 Å². The molecule has 154 valence electrons. The van der Waals surface area contributed by atoms with Crippen molar-refractivity contribution in [2.45, 2.75) is 38.9 Å². The number of hydrogen-bond donors (Lipinski definition) is 1. The van der Waals surface area contributed by atoms with E-state index < -0.39 is 0 Å². The summed E-state index contributed by atoms with van der Waals surface area (Å²) in [6.07, 6.45) is 2.33. The number of carbonyl (C=O) groups is 2. The smallest absolute Gasteiger partial charge is 0.216 e. The van der Waals surface area contributed by atoms with Crippen LogP contribution in [0.1, 0.15) is 35.3 Å². The minimum atomic E-state index is -0.0475. The lowest BCUT2D eigenvalue weighted by Crippen LogP contribution is -2.22. The van der Waals surface area contributed by atoms with E-state index >= 15 is 0 Å². The number of amides is 1. The van der Waals surface area contributed by atoms with E-state index in [0.717, 1.165) is 22.7 Å². The summed E-state index contributed by atoms with van der Waals surface area (Å²) in [4.78, 5) is 25.4.